The van der Waals surface area contributed by atoms with E-state index in [1.54, 1.807) is 44.8 Å². The number of nitrogens with one attached hydrogen (secondary N) is 1. The first-order valence-corrected chi connectivity index (χ1v) is 13.7. The van der Waals surface area contributed by atoms with Gasteiger partial charge in [0.05, 0.1) is 33.0 Å². The molecule has 0 spiro atoms. The minimum Gasteiger partial charge on any atom is -0.493 e. The van der Waals surface area contributed by atoms with E-state index in [0.717, 1.165) is 18.5 Å². The first-order valence-electron chi connectivity index (χ1n) is 12.8. The molecular weight excluding hydrogens is 506 g/mol. The van der Waals surface area contributed by atoms with E-state index in [1.807, 2.05) is 18.4 Å². The summed E-state index contributed by atoms with van der Waals surface area (Å²) in [6, 6.07) is 7.70. The Morgan fingerprint density at radius 2 is 1.89 bits per heavy atom. The fourth-order valence-electron chi connectivity index (χ4n) is 5.66. The SMILES string of the molecule is COc1cc([C@H]2C(C(=O)OC[C@@H]3CCCO3)=C(C)NC3=C2C(=O)C[C@@H](c2cccs2)C3)cc(OC)c1OC. The smallest absolute Gasteiger partial charge is 0.336 e. The van der Waals surface area contributed by atoms with Crippen molar-refractivity contribution in [2.45, 2.75) is 50.5 Å². The number of esters is 1. The third-order valence-electron chi connectivity index (χ3n) is 7.44. The molecule has 3 aliphatic rings. The molecule has 1 N–H and O–H groups in total. The van der Waals surface area contributed by atoms with Crippen molar-refractivity contribution in [2.24, 2.45) is 0 Å². The van der Waals surface area contributed by atoms with Gasteiger partial charge < -0.3 is 29.0 Å². The van der Waals surface area contributed by atoms with E-state index >= 15 is 0 Å². The van der Waals surface area contributed by atoms with E-state index in [9.17, 15) is 9.59 Å². The Morgan fingerprint density at radius 3 is 2.50 bits per heavy atom. The number of dihydropyridines is 1. The minimum atomic E-state index is -0.645. The van der Waals surface area contributed by atoms with Crippen LogP contribution in [0, 0.1) is 0 Å². The van der Waals surface area contributed by atoms with Crippen LogP contribution in [-0.4, -0.2) is 52.4 Å². The number of rotatable bonds is 8. The summed E-state index contributed by atoms with van der Waals surface area (Å²) in [5.41, 5.74) is 3.19. The Labute approximate surface area is 226 Å². The second-order valence-corrected chi connectivity index (χ2v) is 10.7. The average molecular weight is 540 g/mol. The molecule has 1 aromatic carbocycles. The highest BCUT2D eigenvalue weighted by atomic mass is 32.1. The molecule has 202 valence electrons. The topological polar surface area (TPSA) is 92.3 Å². The summed E-state index contributed by atoms with van der Waals surface area (Å²) in [5.74, 6) is 0.331. The summed E-state index contributed by atoms with van der Waals surface area (Å²) < 4.78 is 28.1. The van der Waals surface area contributed by atoms with Crippen molar-refractivity contribution >= 4 is 23.1 Å². The number of allylic oxidation sites excluding steroid dienone is 3. The number of ether oxygens (including phenoxy) is 5. The molecule has 1 aliphatic carbocycles. The van der Waals surface area contributed by atoms with Crippen molar-refractivity contribution < 1.29 is 33.3 Å². The van der Waals surface area contributed by atoms with Crippen LogP contribution in [0.4, 0.5) is 0 Å². The fourth-order valence-corrected chi connectivity index (χ4v) is 6.49. The molecule has 1 saturated heterocycles. The van der Waals surface area contributed by atoms with E-state index in [0.29, 0.717) is 59.1 Å². The van der Waals surface area contributed by atoms with Crippen LogP contribution < -0.4 is 19.5 Å². The van der Waals surface area contributed by atoms with Crippen molar-refractivity contribution in [3.63, 3.8) is 0 Å². The number of benzene rings is 1. The molecule has 3 heterocycles. The van der Waals surface area contributed by atoms with E-state index in [4.69, 9.17) is 23.7 Å². The summed E-state index contributed by atoms with van der Waals surface area (Å²) in [5, 5.41) is 5.43. The molecule has 8 nitrogen and oxygen atoms in total. The molecule has 0 radical (unpaired) electrons. The molecule has 0 unspecified atom stereocenters. The number of carbonyl (C=O) groups excluding carboxylic acids is 2. The van der Waals surface area contributed by atoms with Crippen LogP contribution in [0.5, 0.6) is 17.2 Å². The lowest BCUT2D eigenvalue weighted by atomic mass is 9.72. The Hall–Kier alpha value is -3.30. The predicted octanol–water partition coefficient (Wildman–Crippen LogP) is 4.86. The molecule has 3 atom stereocenters. The highest BCUT2D eigenvalue weighted by molar-refractivity contribution is 7.10. The van der Waals surface area contributed by atoms with Gasteiger partial charge in [-0.25, -0.2) is 4.79 Å². The van der Waals surface area contributed by atoms with Crippen molar-refractivity contribution in [3.8, 4) is 17.2 Å². The molecule has 2 aromatic rings. The van der Waals surface area contributed by atoms with Crippen molar-refractivity contribution in [1.82, 2.24) is 5.32 Å². The number of carbonyl (C=O) groups is 2. The van der Waals surface area contributed by atoms with Gasteiger partial charge in [0.2, 0.25) is 5.75 Å². The Kier molecular flexibility index (Phi) is 7.76. The Balaban J connectivity index is 1.58. The fraction of sp³-hybridized carbons (Fsp3) is 0.448. The summed E-state index contributed by atoms with van der Waals surface area (Å²) in [6.45, 7) is 2.71. The first-order chi connectivity index (χ1) is 18.4. The van der Waals surface area contributed by atoms with Crippen LogP contribution in [0.3, 0.4) is 0 Å². The molecule has 1 fully saturated rings. The maximum Gasteiger partial charge on any atom is 0.336 e. The second kappa shape index (κ2) is 11.2. The van der Waals surface area contributed by atoms with Gasteiger partial charge in [0.15, 0.2) is 17.3 Å². The van der Waals surface area contributed by atoms with Crippen molar-refractivity contribution in [3.05, 3.63) is 62.6 Å². The molecule has 2 aliphatic heterocycles. The van der Waals surface area contributed by atoms with E-state index in [2.05, 4.69) is 11.4 Å². The lowest BCUT2D eigenvalue weighted by Gasteiger charge is -2.36. The van der Waals surface area contributed by atoms with Crippen LogP contribution in [0.15, 0.2) is 52.2 Å². The summed E-state index contributed by atoms with van der Waals surface area (Å²) in [6.07, 6.45) is 2.76. The standard InChI is InChI=1S/C29H33NO7S/c1-16-25(29(32)37-15-19-7-5-9-36-19)26(18-13-22(33-2)28(35-4)23(14-18)34-3)27-20(30-16)11-17(12-21(27)31)24-8-6-10-38-24/h6,8,10,13-14,17,19,26,30H,5,7,9,11-12,15H2,1-4H3/t17-,19-,26-/m0/s1. The molecule has 1 aromatic heterocycles. The highest BCUT2D eigenvalue weighted by Crippen LogP contribution is 2.49. The van der Waals surface area contributed by atoms with Gasteiger partial charge in [0, 0.05) is 46.7 Å². The van der Waals surface area contributed by atoms with Gasteiger partial charge in [-0.3, -0.25) is 4.79 Å². The van der Waals surface area contributed by atoms with E-state index in [1.165, 1.54) is 4.88 Å². The van der Waals surface area contributed by atoms with E-state index < -0.39 is 11.9 Å². The molecule has 5 rings (SSSR count). The number of hydrogen-bond donors (Lipinski definition) is 1. The van der Waals surface area contributed by atoms with Crippen LogP contribution in [0.2, 0.25) is 0 Å². The van der Waals surface area contributed by atoms with Crippen molar-refractivity contribution in [2.75, 3.05) is 34.5 Å². The summed E-state index contributed by atoms with van der Waals surface area (Å²) in [7, 11) is 4.63. The second-order valence-electron chi connectivity index (χ2n) is 9.72. The Morgan fingerprint density at radius 1 is 1.13 bits per heavy atom. The maximum absolute atomic E-state index is 13.8. The van der Waals surface area contributed by atoms with Crippen LogP contribution in [0.25, 0.3) is 0 Å². The number of Topliss-reactive ketones (excluding diaryl/α,β-unsaturated/α-hetero) is 1. The van der Waals surface area contributed by atoms with Crippen LogP contribution in [-0.2, 0) is 19.1 Å². The number of methoxy groups -OCH3 is 3. The van der Waals surface area contributed by atoms with Gasteiger partial charge in [-0.15, -0.1) is 11.3 Å². The van der Waals surface area contributed by atoms with Gasteiger partial charge in [-0.05, 0) is 55.3 Å². The van der Waals surface area contributed by atoms with Gasteiger partial charge in [0.25, 0.3) is 0 Å². The molecule has 38 heavy (non-hydrogen) atoms. The zero-order valence-electron chi connectivity index (χ0n) is 22.1. The van der Waals surface area contributed by atoms with Gasteiger partial charge in [-0.1, -0.05) is 6.07 Å². The van der Waals surface area contributed by atoms with E-state index in [-0.39, 0.29) is 24.4 Å². The van der Waals surface area contributed by atoms with Crippen molar-refractivity contribution in [1.29, 1.82) is 0 Å². The van der Waals surface area contributed by atoms with Gasteiger partial charge in [-0.2, -0.15) is 0 Å². The Bertz CT molecular complexity index is 1250. The number of hydrogen-bond acceptors (Lipinski definition) is 9. The monoisotopic (exact) mass is 539 g/mol. The van der Waals surface area contributed by atoms with Gasteiger partial charge >= 0.3 is 5.97 Å². The quantitative estimate of drug-likeness (QED) is 0.476. The number of thiophene rings is 1. The maximum atomic E-state index is 13.8. The molecule has 0 bridgehead atoms. The number of ketones is 1. The lowest BCUT2D eigenvalue weighted by molar-refractivity contribution is -0.142. The van der Waals surface area contributed by atoms with Gasteiger partial charge in [0.1, 0.15) is 6.61 Å². The highest BCUT2D eigenvalue weighted by Gasteiger charge is 2.42. The molecule has 9 heteroatoms. The molecule has 0 saturated carbocycles. The minimum absolute atomic E-state index is 0.00725. The first kappa shape index (κ1) is 26.3. The summed E-state index contributed by atoms with van der Waals surface area (Å²) >= 11 is 1.66. The third kappa shape index (κ3) is 4.92. The zero-order valence-corrected chi connectivity index (χ0v) is 22.9. The normalized spacial score (nSPS) is 23.2. The van der Waals surface area contributed by atoms with Crippen LogP contribution >= 0.6 is 11.3 Å². The lowest BCUT2D eigenvalue weighted by Crippen LogP contribution is -2.36. The molecular formula is C29H33NO7S. The summed E-state index contributed by atoms with van der Waals surface area (Å²) in [4.78, 5) is 28.6. The largest absolute Gasteiger partial charge is 0.493 e. The van der Waals surface area contributed by atoms with Crippen LogP contribution in [0.1, 0.15) is 54.9 Å². The zero-order chi connectivity index (χ0) is 26.8. The third-order valence-corrected chi connectivity index (χ3v) is 8.47. The predicted molar refractivity (Wildman–Crippen MR) is 143 cm³/mol. The average Bonchev–Trinajstić information content (AvgIpc) is 3.65. The molecule has 0 amide bonds.